The Balaban J connectivity index is 1.96. The lowest BCUT2D eigenvalue weighted by Gasteiger charge is -2.27. The molecule has 1 amide bonds. The summed E-state index contributed by atoms with van der Waals surface area (Å²) in [5.41, 5.74) is 1.44. The first-order valence-corrected chi connectivity index (χ1v) is 10.4. The van der Waals surface area contributed by atoms with Gasteiger partial charge in [-0.3, -0.25) is 4.79 Å². The van der Waals surface area contributed by atoms with Crippen LogP contribution in [-0.4, -0.2) is 58.9 Å². The number of aromatic hydroxyl groups is 1. The van der Waals surface area contributed by atoms with Crippen molar-refractivity contribution in [3.63, 3.8) is 0 Å². The normalized spacial score (nSPS) is 11.0. The number of hydrogen-bond donors (Lipinski definition) is 1. The molecule has 0 aliphatic rings. The number of pyridine rings is 1. The average Bonchev–Trinajstić information content (AvgIpc) is 3.19. The summed E-state index contributed by atoms with van der Waals surface area (Å²) in [7, 11) is 1.58. The van der Waals surface area contributed by atoms with Crippen LogP contribution in [0.25, 0.3) is 5.82 Å². The first-order valence-electron chi connectivity index (χ1n) is 10.4. The zero-order chi connectivity index (χ0) is 23.1. The van der Waals surface area contributed by atoms with Crippen molar-refractivity contribution in [1.82, 2.24) is 14.8 Å². The van der Waals surface area contributed by atoms with Crippen molar-refractivity contribution in [2.24, 2.45) is 0 Å². The molecule has 2 heterocycles. The van der Waals surface area contributed by atoms with Crippen LogP contribution in [0.4, 0.5) is 5.69 Å². The van der Waals surface area contributed by atoms with Gasteiger partial charge in [-0.05, 0) is 57.2 Å². The topological polar surface area (TPSA) is 98.9 Å². The Labute approximate surface area is 187 Å². The van der Waals surface area contributed by atoms with E-state index in [2.05, 4.69) is 10.1 Å². The Morgan fingerprint density at radius 2 is 1.81 bits per heavy atom. The number of rotatable bonds is 10. The fourth-order valence-corrected chi connectivity index (χ4v) is 3.17. The fraction of sp³-hybridized carbons (Fsp3) is 0.348. The minimum atomic E-state index is -0.620. The number of nitrogens with zero attached hydrogens (tertiary/aromatic N) is 4. The van der Waals surface area contributed by atoms with E-state index in [1.165, 1.54) is 15.6 Å². The predicted octanol–water partition coefficient (Wildman–Crippen LogP) is 3.34. The summed E-state index contributed by atoms with van der Waals surface area (Å²) in [6, 6.07) is 13.7. The second-order valence-electron chi connectivity index (χ2n) is 6.89. The van der Waals surface area contributed by atoms with Gasteiger partial charge in [0.25, 0.3) is 5.91 Å². The molecular weight excluding hydrogens is 412 g/mol. The number of carbonyl (C=O) groups excluding carboxylic acids is 1. The maximum absolute atomic E-state index is 13.5. The molecule has 0 saturated carbocycles. The van der Waals surface area contributed by atoms with Crippen molar-refractivity contribution in [2.75, 3.05) is 31.8 Å². The van der Waals surface area contributed by atoms with Crippen LogP contribution in [0.2, 0.25) is 0 Å². The number of methoxy groups -OCH3 is 1. The highest BCUT2D eigenvalue weighted by atomic mass is 16.7. The van der Waals surface area contributed by atoms with Crippen LogP contribution in [0, 0.1) is 6.92 Å². The standard InChI is InChI=1S/C23H28N4O5/c1-5-31-22(32-6-2)15-26(17-10-12-18(30-4)13-11-17)23(29)19-14-21(28)27(25-19)20-9-7-8-16(3)24-20/h7-14,22,28H,5-6,15H2,1-4H3. The first kappa shape index (κ1) is 23.2. The Morgan fingerprint density at radius 3 is 2.41 bits per heavy atom. The van der Waals surface area contributed by atoms with Crippen molar-refractivity contribution >= 4 is 11.6 Å². The van der Waals surface area contributed by atoms with Gasteiger partial charge in [0.1, 0.15) is 5.75 Å². The predicted molar refractivity (Wildman–Crippen MR) is 119 cm³/mol. The lowest BCUT2D eigenvalue weighted by molar-refractivity contribution is -0.128. The molecule has 1 N–H and O–H groups in total. The molecule has 9 nitrogen and oxygen atoms in total. The molecule has 32 heavy (non-hydrogen) atoms. The van der Waals surface area contributed by atoms with Gasteiger partial charge in [-0.1, -0.05) is 6.07 Å². The summed E-state index contributed by atoms with van der Waals surface area (Å²) in [5, 5.41) is 14.7. The van der Waals surface area contributed by atoms with Crippen LogP contribution in [0.15, 0.2) is 48.5 Å². The van der Waals surface area contributed by atoms with Gasteiger partial charge in [0.05, 0.1) is 13.7 Å². The molecule has 2 aromatic heterocycles. The number of aromatic nitrogens is 3. The molecule has 0 aliphatic carbocycles. The summed E-state index contributed by atoms with van der Waals surface area (Å²) >= 11 is 0. The van der Waals surface area contributed by atoms with E-state index in [9.17, 15) is 9.90 Å². The Hall–Kier alpha value is -3.43. The van der Waals surface area contributed by atoms with E-state index < -0.39 is 12.2 Å². The fourth-order valence-electron chi connectivity index (χ4n) is 3.17. The van der Waals surface area contributed by atoms with Gasteiger partial charge in [-0.15, -0.1) is 0 Å². The number of benzene rings is 1. The van der Waals surface area contributed by atoms with Gasteiger partial charge in [0.2, 0.25) is 5.88 Å². The van der Waals surface area contributed by atoms with Gasteiger partial charge in [0.15, 0.2) is 17.8 Å². The molecule has 0 bridgehead atoms. The molecule has 0 radical (unpaired) electrons. The van der Waals surface area contributed by atoms with E-state index in [-0.39, 0.29) is 18.1 Å². The number of aryl methyl sites for hydroxylation is 1. The molecular formula is C23H28N4O5. The van der Waals surface area contributed by atoms with E-state index in [1.54, 1.807) is 43.5 Å². The summed E-state index contributed by atoms with van der Waals surface area (Å²) in [6.45, 7) is 6.57. The first-order chi connectivity index (χ1) is 15.5. The van der Waals surface area contributed by atoms with Crippen molar-refractivity contribution < 1.29 is 24.1 Å². The van der Waals surface area contributed by atoms with Gasteiger partial charge >= 0.3 is 0 Å². The lowest BCUT2D eigenvalue weighted by Crippen LogP contribution is -2.40. The summed E-state index contributed by atoms with van der Waals surface area (Å²) in [4.78, 5) is 19.3. The number of carbonyl (C=O) groups is 1. The monoisotopic (exact) mass is 440 g/mol. The zero-order valence-electron chi connectivity index (χ0n) is 18.7. The third-order valence-electron chi connectivity index (χ3n) is 4.67. The number of ether oxygens (including phenoxy) is 3. The van der Waals surface area contributed by atoms with Crippen molar-refractivity contribution in [1.29, 1.82) is 0 Å². The summed E-state index contributed by atoms with van der Waals surface area (Å²) in [6.07, 6.45) is -0.620. The van der Waals surface area contributed by atoms with Crippen LogP contribution in [0.3, 0.4) is 0 Å². The Bertz CT molecular complexity index is 1030. The maximum Gasteiger partial charge on any atom is 0.279 e. The SMILES string of the molecule is CCOC(CN(C(=O)c1cc(O)n(-c2cccc(C)n2)n1)c1ccc(OC)cc1)OCC. The number of amides is 1. The van der Waals surface area contributed by atoms with Crippen molar-refractivity contribution in [2.45, 2.75) is 27.1 Å². The van der Waals surface area contributed by atoms with Crippen LogP contribution >= 0.6 is 0 Å². The second-order valence-corrected chi connectivity index (χ2v) is 6.89. The Kier molecular flexibility index (Phi) is 7.80. The quantitative estimate of drug-likeness (QED) is 0.483. The summed E-state index contributed by atoms with van der Waals surface area (Å²) in [5.74, 6) is 0.479. The third-order valence-corrected chi connectivity index (χ3v) is 4.67. The smallest absolute Gasteiger partial charge is 0.279 e. The van der Waals surface area contributed by atoms with Crippen LogP contribution < -0.4 is 9.64 Å². The largest absolute Gasteiger partial charge is 0.497 e. The van der Waals surface area contributed by atoms with Gasteiger partial charge in [-0.25, -0.2) is 4.98 Å². The van der Waals surface area contributed by atoms with E-state index >= 15 is 0 Å². The molecule has 1 aromatic carbocycles. The highest BCUT2D eigenvalue weighted by Gasteiger charge is 2.26. The van der Waals surface area contributed by atoms with E-state index in [1.807, 2.05) is 26.8 Å². The highest BCUT2D eigenvalue weighted by molar-refractivity contribution is 6.05. The van der Waals surface area contributed by atoms with Crippen molar-refractivity contribution in [3.8, 4) is 17.4 Å². The minimum absolute atomic E-state index is 0.0633. The molecule has 170 valence electrons. The van der Waals surface area contributed by atoms with Crippen LogP contribution in [-0.2, 0) is 9.47 Å². The van der Waals surface area contributed by atoms with Gasteiger partial charge < -0.3 is 24.2 Å². The third kappa shape index (κ3) is 5.43. The number of hydrogen-bond acceptors (Lipinski definition) is 7. The summed E-state index contributed by atoms with van der Waals surface area (Å²) < 4.78 is 17.8. The van der Waals surface area contributed by atoms with Gasteiger partial charge in [-0.2, -0.15) is 9.78 Å². The van der Waals surface area contributed by atoms with E-state index in [0.29, 0.717) is 30.5 Å². The molecule has 9 heteroatoms. The molecule has 0 spiro atoms. The molecule has 3 aromatic rings. The van der Waals surface area contributed by atoms with Crippen molar-refractivity contribution in [3.05, 3.63) is 59.9 Å². The Morgan fingerprint density at radius 1 is 1.12 bits per heavy atom. The minimum Gasteiger partial charge on any atom is -0.497 e. The molecule has 0 unspecified atom stereocenters. The second kappa shape index (κ2) is 10.7. The van der Waals surface area contributed by atoms with E-state index in [0.717, 1.165) is 5.69 Å². The molecule has 0 fully saturated rings. The maximum atomic E-state index is 13.5. The highest BCUT2D eigenvalue weighted by Crippen LogP contribution is 2.24. The van der Waals surface area contributed by atoms with Crippen LogP contribution in [0.1, 0.15) is 30.0 Å². The van der Waals surface area contributed by atoms with Crippen LogP contribution in [0.5, 0.6) is 11.6 Å². The van der Waals surface area contributed by atoms with Gasteiger partial charge in [0, 0.05) is 30.7 Å². The molecule has 0 saturated heterocycles. The average molecular weight is 441 g/mol. The molecule has 3 rings (SSSR count). The lowest BCUT2D eigenvalue weighted by atomic mass is 10.2. The number of anilines is 1. The molecule has 0 atom stereocenters. The zero-order valence-corrected chi connectivity index (χ0v) is 18.7. The van der Waals surface area contributed by atoms with E-state index in [4.69, 9.17) is 14.2 Å². The molecule has 0 aliphatic heterocycles.